The zero-order valence-corrected chi connectivity index (χ0v) is 7.93. The Bertz CT molecular complexity index is 361. The second kappa shape index (κ2) is 4.93. The van der Waals surface area contributed by atoms with Gasteiger partial charge in [0.1, 0.15) is 0 Å². The largest absolute Gasteiger partial charge is 0.412 e. The van der Waals surface area contributed by atoms with Crippen molar-refractivity contribution in [1.29, 1.82) is 0 Å². The second-order valence-corrected chi connectivity index (χ2v) is 3.84. The number of aryl methyl sites for hydroxylation is 1. The molecule has 0 amide bonds. The van der Waals surface area contributed by atoms with Crippen LogP contribution in [0.3, 0.4) is 0 Å². The Hall–Kier alpha value is -0.950. The molecule has 0 saturated carbocycles. The molecule has 1 aromatic rings. The van der Waals surface area contributed by atoms with Crippen molar-refractivity contribution in [3.05, 3.63) is 29.8 Å². The minimum Gasteiger partial charge on any atom is -0.412 e. The molecule has 0 unspecified atom stereocenters. The molecule has 0 fully saturated rings. The monoisotopic (exact) mass is 207 g/mol. The minimum atomic E-state index is -3.53. The van der Waals surface area contributed by atoms with Gasteiger partial charge in [-0.25, -0.2) is 13.6 Å². The summed E-state index contributed by atoms with van der Waals surface area (Å²) in [5.74, 6) is 0. The number of sulfonamides is 1. The van der Waals surface area contributed by atoms with Crippen LogP contribution in [0.15, 0.2) is 29.2 Å². The van der Waals surface area contributed by atoms with Crippen LogP contribution in [0.2, 0.25) is 0 Å². The van der Waals surface area contributed by atoms with Crippen LogP contribution in [0.5, 0.6) is 0 Å². The van der Waals surface area contributed by atoms with E-state index in [0.29, 0.717) is 5.56 Å². The molecule has 0 aliphatic rings. The standard InChI is InChI=1S/C7H9NO2S.2H2O/c1-6-4-2-3-5-7(6)11(8,9)10;;/h2-5H,1H3,(H2,8,9,10);2*1H2. The molecule has 0 heterocycles. The van der Waals surface area contributed by atoms with Gasteiger partial charge < -0.3 is 11.0 Å². The Kier molecular flexibility index (Phi) is 5.52. The van der Waals surface area contributed by atoms with Crippen LogP contribution in [0, 0.1) is 6.92 Å². The average molecular weight is 207 g/mol. The zero-order chi connectivity index (χ0) is 8.48. The molecule has 0 radical (unpaired) electrons. The van der Waals surface area contributed by atoms with Crippen LogP contribution >= 0.6 is 0 Å². The van der Waals surface area contributed by atoms with Gasteiger partial charge in [-0.15, -0.1) is 0 Å². The highest BCUT2D eigenvalue weighted by Gasteiger charge is 2.08. The van der Waals surface area contributed by atoms with Crippen molar-refractivity contribution >= 4 is 10.0 Å². The fourth-order valence-electron chi connectivity index (χ4n) is 0.876. The van der Waals surface area contributed by atoms with Crippen molar-refractivity contribution in [1.82, 2.24) is 0 Å². The molecule has 5 nitrogen and oxygen atoms in total. The lowest BCUT2D eigenvalue weighted by Crippen LogP contribution is -2.13. The van der Waals surface area contributed by atoms with Crippen molar-refractivity contribution in [3.63, 3.8) is 0 Å². The topological polar surface area (TPSA) is 123 Å². The van der Waals surface area contributed by atoms with E-state index in [2.05, 4.69) is 0 Å². The maximum atomic E-state index is 10.8. The summed E-state index contributed by atoms with van der Waals surface area (Å²) in [7, 11) is -3.53. The predicted molar refractivity (Wildman–Crippen MR) is 49.8 cm³/mol. The highest BCUT2D eigenvalue weighted by Crippen LogP contribution is 2.10. The molecule has 0 aliphatic heterocycles. The molecule has 0 aliphatic carbocycles. The van der Waals surface area contributed by atoms with Crippen LogP contribution in [-0.4, -0.2) is 19.4 Å². The average Bonchev–Trinajstić information content (AvgIpc) is 1.86. The number of primary sulfonamides is 1. The molecule has 0 bridgehead atoms. The van der Waals surface area contributed by atoms with Gasteiger partial charge in [-0.05, 0) is 18.6 Å². The summed E-state index contributed by atoms with van der Waals surface area (Å²) < 4.78 is 21.7. The van der Waals surface area contributed by atoms with E-state index >= 15 is 0 Å². The molecule has 76 valence electrons. The third-order valence-corrected chi connectivity index (χ3v) is 2.47. The van der Waals surface area contributed by atoms with Crippen molar-refractivity contribution in [2.24, 2.45) is 5.14 Å². The Morgan fingerprint density at radius 3 is 1.92 bits per heavy atom. The van der Waals surface area contributed by atoms with Crippen molar-refractivity contribution in [2.45, 2.75) is 11.8 Å². The van der Waals surface area contributed by atoms with E-state index in [1.165, 1.54) is 6.07 Å². The first-order valence-electron chi connectivity index (χ1n) is 3.10. The number of hydrogen-bond acceptors (Lipinski definition) is 2. The van der Waals surface area contributed by atoms with Crippen molar-refractivity contribution < 1.29 is 19.4 Å². The maximum absolute atomic E-state index is 10.8. The van der Waals surface area contributed by atoms with E-state index in [0.717, 1.165) is 0 Å². The van der Waals surface area contributed by atoms with Crippen LogP contribution in [0.1, 0.15) is 5.56 Å². The van der Waals surface area contributed by atoms with E-state index in [4.69, 9.17) is 5.14 Å². The first kappa shape index (κ1) is 14.6. The van der Waals surface area contributed by atoms with E-state index in [1.807, 2.05) is 0 Å². The van der Waals surface area contributed by atoms with Gasteiger partial charge in [0.25, 0.3) is 0 Å². The Labute approximate surface area is 76.9 Å². The highest BCUT2D eigenvalue weighted by atomic mass is 32.2. The van der Waals surface area contributed by atoms with Crippen LogP contribution in [-0.2, 0) is 10.0 Å². The Morgan fingerprint density at radius 1 is 1.15 bits per heavy atom. The van der Waals surface area contributed by atoms with Gasteiger partial charge >= 0.3 is 0 Å². The van der Waals surface area contributed by atoms with Crippen molar-refractivity contribution in [3.8, 4) is 0 Å². The minimum absolute atomic E-state index is 0. The van der Waals surface area contributed by atoms with Gasteiger partial charge in [-0.1, -0.05) is 18.2 Å². The fraction of sp³-hybridized carbons (Fsp3) is 0.143. The SMILES string of the molecule is Cc1ccccc1S(N)(=O)=O.O.O. The van der Waals surface area contributed by atoms with Crippen LogP contribution < -0.4 is 5.14 Å². The molecule has 6 N–H and O–H groups in total. The third-order valence-electron chi connectivity index (χ3n) is 1.40. The fourth-order valence-corrected chi connectivity index (χ4v) is 1.66. The highest BCUT2D eigenvalue weighted by molar-refractivity contribution is 7.89. The molecular weight excluding hydrogens is 194 g/mol. The van der Waals surface area contributed by atoms with Crippen LogP contribution in [0.25, 0.3) is 0 Å². The summed E-state index contributed by atoms with van der Waals surface area (Å²) in [6, 6.07) is 6.61. The lowest BCUT2D eigenvalue weighted by Gasteiger charge is -2.00. The van der Waals surface area contributed by atoms with E-state index in [9.17, 15) is 8.42 Å². The summed E-state index contributed by atoms with van der Waals surface area (Å²) in [5.41, 5.74) is 0.676. The zero-order valence-electron chi connectivity index (χ0n) is 7.11. The number of hydrogen-bond donors (Lipinski definition) is 1. The van der Waals surface area contributed by atoms with Crippen LogP contribution in [0.4, 0.5) is 0 Å². The van der Waals surface area contributed by atoms with Gasteiger partial charge in [0.2, 0.25) is 10.0 Å². The molecule has 0 saturated heterocycles. The summed E-state index contributed by atoms with van der Waals surface area (Å²) in [4.78, 5) is 0.194. The number of rotatable bonds is 1. The van der Waals surface area contributed by atoms with Gasteiger partial charge in [-0.3, -0.25) is 0 Å². The maximum Gasteiger partial charge on any atom is 0.238 e. The Morgan fingerprint density at radius 2 is 1.62 bits per heavy atom. The number of nitrogens with two attached hydrogens (primary N) is 1. The van der Waals surface area contributed by atoms with E-state index in [1.54, 1.807) is 25.1 Å². The molecule has 0 atom stereocenters. The van der Waals surface area contributed by atoms with Gasteiger partial charge in [0.05, 0.1) is 4.90 Å². The normalized spacial score (nSPS) is 9.69. The number of benzene rings is 1. The molecular formula is C7H13NO4S. The lowest BCUT2D eigenvalue weighted by atomic mass is 10.2. The summed E-state index contributed by atoms with van der Waals surface area (Å²) >= 11 is 0. The first-order valence-corrected chi connectivity index (χ1v) is 4.65. The summed E-state index contributed by atoms with van der Waals surface area (Å²) in [6.45, 7) is 1.71. The molecule has 1 aromatic carbocycles. The molecule has 0 spiro atoms. The van der Waals surface area contributed by atoms with Gasteiger partial charge in [0.15, 0.2) is 0 Å². The third kappa shape index (κ3) is 3.51. The molecule has 6 heteroatoms. The summed E-state index contributed by atoms with van der Waals surface area (Å²) in [6.07, 6.45) is 0. The quantitative estimate of drug-likeness (QED) is 0.634. The molecule has 13 heavy (non-hydrogen) atoms. The Balaban J connectivity index is 0. The van der Waals surface area contributed by atoms with Gasteiger partial charge in [-0.2, -0.15) is 0 Å². The lowest BCUT2D eigenvalue weighted by molar-refractivity contribution is 0.597. The predicted octanol–water partition coefficient (Wildman–Crippen LogP) is -1.01. The first-order chi connectivity index (χ1) is 5.02. The molecule has 0 aromatic heterocycles. The second-order valence-electron chi connectivity index (χ2n) is 2.31. The summed E-state index contributed by atoms with van der Waals surface area (Å²) in [5, 5.41) is 4.93. The van der Waals surface area contributed by atoms with E-state index < -0.39 is 10.0 Å². The van der Waals surface area contributed by atoms with Gasteiger partial charge in [0, 0.05) is 0 Å². The molecule has 1 rings (SSSR count). The smallest absolute Gasteiger partial charge is 0.238 e. The van der Waals surface area contributed by atoms with Crippen molar-refractivity contribution in [2.75, 3.05) is 0 Å². The van der Waals surface area contributed by atoms with E-state index in [-0.39, 0.29) is 15.8 Å².